The molecule has 3 aliphatic heterocycles. The van der Waals surface area contributed by atoms with Gasteiger partial charge in [0.05, 0.1) is 11.5 Å². The molecule has 0 saturated carbocycles. The summed E-state index contributed by atoms with van der Waals surface area (Å²) >= 11 is 0. The maximum absolute atomic E-state index is 13.5. The number of alkyl halides is 3. The molecule has 1 atom stereocenters. The fraction of sp³-hybridized carbons (Fsp3) is 0.556. The number of fused-ring (bicyclic) bond motifs is 3. The lowest BCUT2D eigenvalue weighted by Crippen LogP contribution is -2.52. The number of nitrogens with zero attached hydrogens (tertiary/aromatic N) is 7. The third kappa shape index (κ3) is 4.78. The molecule has 0 aliphatic carbocycles. The lowest BCUT2D eigenvalue weighted by atomic mass is 9.96. The van der Waals surface area contributed by atoms with Crippen LogP contribution in [0.2, 0.25) is 0 Å². The summed E-state index contributed by atoms with van der Waals surface area (Å²) < 4.78 is 41.6. The highest BCUT2D eigenvalue weighted by Crippen LogP contribution is 2.33. The van der Waals surface area contributed by atoms with E-state index in [2.05, 4.69) is 19.4 Å². The summed E-state index contributed by atoms with van der Waals surface area (Å²) in [6.07, 6.45) is 3.35. The molecular formula is C27H32F3N7O. The van der Waals surface area contributed by atoms with E-state index in [4.69, 9.17) is 4.98 Å². The van der Waals surface area contributed by atoms with Gasteiger partial charge in [0.25, 0.3) is 0 Å². The average molecular weight is 528 g/mol. The van der Waals surface area contributed by atoms with Gasteiger partial charge < -0.3 is 19.3 Å². The van der Waals surface area contributed by atoms with E-state index in [0.29, 0.717) is 38.4 Å². The molecule has 8 nitrogen and oxygen atoms in total. The van der Waals surface area contributed by atoms with E-state index in [-0.39, 0.29) is 11.8 Å². The summed E-state index contributed by atoms with van der Waals surface area (Å²) in [4.78, 5) is 33.6. The minimum Gasteiger partial charge on any atom is -0.368 e. The van der Waals surface area contributed by atoms with Crippen LogP contribution in [0.5, 0.6) is 0 Å². The van der Waals surface area contributed by atoms with Gasteiger partial charge in [-0.2, -0.15) is 13.2 Å². The Bertz CT molecular complexity index is 1320. The van der Waals surface area contributed by atoms with E-state index < -0.39 is 11.7 Å². The molecule has 0 bridgehead atoms. The minimum atomic E-state index is -4.37. The first-order valence-corrected chi connectivity index (χ1v) is 13.5. The smallest absolute Gasteiger partial charge is 0.368 e. The number of aromatic nitrogens is 4. The maximum atomic E-state index is 13.5. The lowest BCUT2D eigenvalue weighted by Gasteiger charge is -2.40. The Morgan fingerprint density at radius 1 is 0.921 bits per heavy atom. The fourth-order valence-corrected chi connectivity index (χ4v) is 6.05. The molecule has 38 heavy (non-hydrogen) atoms. The van der Waals surface area contributed by atoms with Crippen LogP contribution < -0.4 is 9.80 Å². The molecule has 1 amide bonds. The molecule has 5 heterocycles. The molecule has 2 aromatic heterocycles. The van der Waals surface area contributed by atoms with Gasteiger partial charge in [-0.25, -0.2) is 15.0 Å². The summed E-state index contributed by atoms with van der Waals surface area (Å²) in [6.45, 7) is 4.35. The monoisotopic (exact) mass is 527 g/mol. The van der Waals surface area contributed by atoms with Gasteiger partial charge in [-0.15, -0.1) is 0 Å². The van der Waals surface area contributed by atoms with Gasteiger partial charge >= 0.3 is 6.18 Å². The van der Waals surface area contributed by atoms with Crippen LogP contribution in [0.1, 0.15) is 43.5 Å². The number of carbonyl (C=O) groups excluding carboxylic acids is 1. The molecule has 0 unspecified atom stereocenters. The summed E-state index contributed by atoms with van der Waals surface area (Å²) in [5, 5.41) is 0. The average Bonchev–Trinajstić information content (AvgIpc) is 3.13. The highest BCUT2D eigenvalue weighted by atomic mass is 19.4. The zero-order valence-corrected chi connectivity index (χ0v) is 21.3. The predicted molar refractivity (Wildman–Crippen MR) is 138 cm³/mol. The summed E-state index contributed by atoms with van der Waals surface area (Å²) in [5.74, 6) is 1.85. The second-order valence-electron chi connectivity index (χ2n) is 10.5. The Labute approximate surface area is 219 Å². The number of hydrogen-bond donors (Lipinski definition) is 0. The van der Waals surface area contributed by atoms with Crippen molar-refractivity contribution in [3.8, 4) is 0 Å². The van der Waals surface area contributed by atoms with E-state index in [0.717, 1.165) is 74.1 Å². The molecule has 3 aliphatic rings. The Morgan fingerprint density at radius 3 is 2.58 bits per heavy atom. The van der Waals surface area contributed by atoms with Gasteiger partial charge in [0.2, 0.25) is 5.91 Å². The first-order valence-electron chi connectivity index (χ1n) is 13.5. The second kappa shape index (κ2) is 10.1. The van der Waals surface area contributed by atoms with Crippen LogP contribution >= 0.6 is 0 Å². The number of amides is 1. The zero-order valence-electron chi connectivity index (χ0n) is 21.3. The summed E-state index contributed by atoms with van der Waals surface area (Å²) in [5.41, 5.74) is 1.60. The van der Waals surface area contributed by atoms with E-state index >= 15 is 0 Å². The Kier molecular flexibility index (Phi) is 6.61. The highest BCUT2D eigenvalue weighted by Gasteiger charge is 2.34. The van der Waals surface area contributed by atoms with Crippen LogP contribution in [0.4, 0.5) is 24.7 Å². The Morgan fingerprint density at radius 2 is 1.76 bits per heavy atom. The molecule has 0 radical (unpaired) electrons. The number of imidazole rings is 1. The van der Waals surface area contributed by atoms with Gasteiger partial charge in [-0.3, -0.25) is 4.79 Å². The molecule has 202 valence electrons. The Hall–Kier alpha value is -3.37. The number of anilines is 2. The number of rotatable bonds is 3. The second-order valence-corrected chi connectivity index (χ2v) is 10.5. The van der Waals surface area contributed by atoms with Crippen molar-refractivity contribution in [3.05, 3.63) is 42.0 Å². The minimum absolute atomic E-state index is 0.115. The standard InChI is InChI=1S/C27H32F3N7O/c28-27(29,30)20-7-4-8-21(16-20)34-12-14-35(15-13-34)26(38)19-6-5-10-36(17-19)24-23-25(32-18-31-24)37-11-3-1-2-9-22(37)33-23/h4,7-8,16,18-19H,1-3,5-6,9-15,17H2/t19-/m1/s1. The largest absolute Gasteiger partial charge is 0.416 e. The molecular weight excluding hydrogens is 495 g/mol. The number of piperidine rings is 1. The van der Waals surface area contributed by atoms with Crippen LogP contribution in [0, 0.1) is 5.92 Å². The highest BCUT2D eigenvalue weighted by molar-refractivity contribution is 5.85. The van der Waals surface area contributed by atoms with Crippen molar-refractivity contribution in [2.24, 2.45) is 5.92 Å². The maximum Gasteiger partial charge on any atom is 0.416 e. The van der Waals surface area contributed by atoms with Gasteiger partial charge in [0.15, 0.2) is 17.0 Å². The van der Waals surface area contributed by atoms with Crippen LogP contribution in [0.15, 0.2) is 30.6 Å². The van der Waals surface area contributed by atoms with Crippen molar-refractivity contribution in [1.29, 1.82) is 0 Å². The third-order valence-corrected chi connectivity index (χ3v) is 8.07. The topological polar surface area (TPSA) is 70.4 Å². The SMILES string of the molecule is O=C([C@@H]1CCCN(c2ncnc3c2nc2n3CCCCC2)C1)N1CCN(c2cccc(C(F)(F)F)c2)CC1. The first-order chi connectivity index (χ1) is 18.4. The number of piperazine rings is 1. The number of aryl methyl sites for hydroxylation is 2. The third-order valence-electron chi connectivity index (χ3n) is 8.07. The molecule has 3 aromatic rings. The van der Waals surface area contributed by atoms with Crippen LogP contribution in [-0.2, 0) is 23.9 Å². The van der Waals surface area contributed by atoms with Crippen molar-refractivity contribution in [2.45, 2.75) is 51.2 Å². The normalized spacial score (nSPS) is 20.9. The van der Waals surface area contributed by atoms with E-state index in [1.165, 1.54) is 18.6 Å². The number of halogens is 3. The van der Waals surface area contributed by atoms with Crippen molar-refractivity contribution in [2.75, 3.05) is 49.1 Å². The molecule has 2 saturated heterocycles. The van der Waals surface area contributed by atoms with Gasteiger partial charge in [-0.1, -0.05) is 12.5 Å². The molecule has 1 aromatic carbocycles. The molecule has 6 rings (SSSR count). The summed E-state index contributed by atoms with van der Waals surface area (Å²) in [7, 11) is 0. The Balaban J connectivity index is 1.13. The molecule has 2 fully saturated rings. The lowest BCUT2D eigenvalue weighted by molar-refractivity contribution is -0.137. The van der Waals surface area contributed by atoms with Gasteiger partial charge in [-0.05, 0) is 43.9 Å². The van der Waals surface area contributed by atoms with Gasteiger partial charge in [0.1, 0.15) is 12.2 Å². The van der Waals surface area contributed by atoms with Crippen molar-refractivity contribution in [3.63, 3.8) is 0 Å². The molecule has 0 N–H and O–H groups in total. The first kappa shape index (κ1) is 24.9. The van der Waals surface area contributed by atoms with Crippen LogP contribution in [0.25, 0.3) is 11.2 Å². The van der Waals surface area contributed by atoms with E-state index in [1.807, 2.05) is 9.80 Å². The van der Waals surface area contributed by atoms with Gasteiger partial charge in [0, 0.05) is 57.9 Å². The molecule has 0 spiro atoms. The van der Waals surface area contributed by atoms with Crippen molar-refractivity contribution in [1.82, 2.24) is 24.4 Å². The van der Waals surface area contributed by atoms with Crippen molar-refractivity contribution >= 4 is 28.6 Å². The number of benzene rings is 1. The van der Waals surface area contributed by atoms with Crippen LogP contribution in [-0.4, -0.2) is 69.6 Å². The van der Waals surface area contributed by atoms with E-state index in [9.17, 15) is 18.0 Å². The van der Waals surface area contributed by atoms with Crippen molar-refractivity contribution < 1.29 is 18.0 Å². The molecule has 11 heteroatoms. The zero-order chi connectivity index (χ0) is 26.3. The van der Waals surface area contributed by atoms with E-state index in [1.54, 1.807) is 12.4 Å². The number of carbonyl (C=O) groups is 1. The quantitative estimate of drug-likeness (QED) is 0.510. The predicted octanol–water partition coefficient (Wildman–Crippen LogP) is 4.14. The fourth-order valence-electron chi connectivity index (χ4n) is 6.05. The van der Waals surface area contributed by atoms with Crippen LogP contribution in [0.3, 0.4) is 0 Å². The summed E-state index contributed by atoms with van der Waals surface area (Å²) in [6, 6.07) is 5.41. The number of hydrogen-bond acceptors (Lipinski definition) is 6.